The highest BCUT2D eigenvalue weighted by Gasteiger charge is 2.41. The number of carbonyl (C=O) groups is 1. The standard InChI is InChI=1S/C26H21F4N3O4S/c27-20-3-1-5-23-19(20)14-24(37-23)38(35,36)33-12-2-4-22(33)25(34)32-15-16-10-11-31-21(13-16)17-6-8-18(9-7-17)26(28,29)30/h1,3,5-11,13-14,22H,2,4,12,15H2,(H,32,34)/t22-/m0/s1. The minimum absolute atomic E-state index is 0.0350. The van der Waals surface area contributed by atoms with Crippen molar-refractivity contribution in [2.24, 2.45) is 0 Å². The van der Waals surface area contributed by atoms with Gasteiger partial charge < -0.3 is 9.73 Å². The topological polar surface area (TPSA) is 92.5 Å². The van der Waals surface area contributed by atoms with Crippen molar-refractivity contribution < 1.29 is 35.2 Å². The summed E-state index contributed by atoms with van der Waals surface area (Å²) in [5.41, 5.74) is 0.844. The van der Waals surface area contributed by atoms with Crippen molar-refractivity contribution in [3.8, 4) is 11.3 Å². The molecule has 0 bridgehead atoms. The van der Waals surface area contributed by atoms with Crippen LogP contribution < -0.4 is 5.32 Å². The molecule has 2 aromatic heterocycles. The Morgan fingerprint density at radius 1 is 1.11 bits per heavy atom. The Morgan fingerprint density at radius 3 is 2.58 bits per heavy atom. The van der Waals surface area contributed by atoms with Crippen LogP contribution in [0, 0.1) is 5.82 Å². The largest absolute Gasteiger partial charge is 0.443 e. The van der Waals surface area contributed by atoms with E-state index in [1.807, 2.05) is 0 Å². The lowest BCUT2D eigenvalue weighted by atomic mass is 10.1. The molecule has 2 aromatic carbocycles. The number of hydrogen-bond acceptors (Lipinski definition) is 5. The molecule has 4 aromatic rings. The number of amides is 1. The van der Waals surface area contributed by atoms with Crippen LogP contribution in [0.5, 0.6) is 0 Å². The second-order valence-electron chi connectivity index (χ2n) is 8.83. The quantitative estimate of drug-likeness (QED) is 0.338. The molecule has 1 amide bonds. The van der Waals surface area contributed by atoms with Gasteiger partial charge in [-0.15, -0.1) is 0 Å². The molecular weight excluding hydrogens is 526 g/mol. The maximum Gasteiger partial charge on any atom is 0.416 e. The molecule has 5 rings (SSSR count). The molecule has 0 aliphatic carbocycles. The Bertz CT molecular complexity index is 1600. The van der Waals surface area contributed by atoms with Gasteiger partial charge in [0.05, 0.1) is 16.6 Å². The van der Waals surface area contributed by atoms with Crippen molar-refractivity contribution in [1.29, 1.82) is 0 Å². The van der Waals surface area contributed by atoms with Crippen LogP contribution in [0.1, 0.15) is 24.0 Å². The zero-order valence-corrected chi connectivity index (χ0v) is 20.5. The Hall–Kier alpha value is -3.77. The van der Waals surface area contributed by atoms with Gasteiger partial charge in [-0.05, 0) is 54.8 Å². The van der Waals surface area contributed by atoms with Gasteiger partial charge in [0.1, 0.15) is 17.4 Å². The Labute approximate surface area is 215 Å². The predicted molar refractivity (Wildman–Crippen MR) is 130 cm³/mol. The van der Waals surface area contributed by atoms with E-state index in [1.54, 1.807) is 12.1 Å². The van der Waals surface area contributed by atoms with Crippen LogP contribution in [0.4, 0.5) is 17.6 Å². The van der Waals surface area contributed by atoms with Gasteiger partial charge in [-0.2, -0.15) is 17.5 Å². The summed E-state index contributed by atoms with van der Waals surface area (Å²) in [5.74, 6) is -1.13. The van der Waals surface area contributed by atoms with Crippen LogP contribution in [0.15, 0.2) is 76.4 Å². The van der Waals surface area contributed by atoms with Gasteiger partial charge in [0.25, 0.3) is 10.0 Å². The van der Waals surface area contributed by atoms with Gasteiger partial charge in [-0.3, -0.25) is 9.78 Å². The molecule has 0 saturated carbocycles. The summed E-state index contributed by atoms with van der Waals surface area (Å²) in [6.07, 6.45) is -2.21. The summed E-state index contributed by atoms with van der Waals surface area (Å²) < 4.78 is 85.5. The van der Waals surface area contributed by atoms with Crippen molar-refractivity contribution in [2.45, 2.75) is 36.7 Å². The number of pyridine rings is 1. The van der Waals surface area contributed by atoms with Gasteiger partial charge in [0, 0.05) is 30.9 Å². The number of alkyl halides is 3. The first-order chi connectivity index (χ1) is 18.0. The third kappa shape index (κ3) is 5.01. The van der Waals surface area contributed by atoms with Crippen LogP contribution in [-0.4, -0.2) is 36.2 Å². The number of rotatable bonds is 6. The molecule has 12 heteroatoms. The van der Waals surface area contributed by atoms with Crippen LogP contribution in [0.2, 0.25) is 0 Å². The lowest BCUT2D eigenvalue weighted by Gasteiger charge is -2.22. The fourth-order valence-electron chi connectivity index (χ4n) is 4.41. The molecule has 1 N–H and O–H groups in total. The molecule has 198 valence electrons. The summed E-state index contributed by atoms with van der Waals surface area (Å²) in [5, 5.41) is 2.32. The number of nitrogens with one attached hydrogen (secondary N) is 1. The van der Waals surface area contributed by atoms with Gasteiger partial charge in [-0.1, -0.05) is 18.2 Å². The molecule has 1 saturated heterocycles. The van der Waals surface area contributed by atoms with E-state index in [9.17, 15) is 30.8 Å². The molecule has 7 nitrogen and oxygen atoms in total. The zero-order chi connectivity index (χ0) is 27.1. The minimum Gasteiger partial charge on any atom is -0.443 e. The summed E-state index contributed by atoms with van der Waals surface area (Å²) in [4.78, 5) is 17.2. The summed E-state index contributed by atoms with van der Waals surface area (Å²) in [7, 11) is -4.20. The molecule has 1 aliphatic heterocycles. The van der Waals surface area contributed by atoms with E-state index in [-0.39, 0.29) is 24.1 Å². The smallest absolute Gasteiger partial charge is 0.416 e. The van der Waals surface area contributed by atoms with Crippen molar-refractivity contribution in [3.63, 3.8) is 0 Å². The fourth-order valence-corrected chi connectivity index (χ4v) is 6.01. The third-order valence-corrected chi connectivity index (χ3v) is 8.12. The van der Waals surface area contributed by atoms with E-state index in [4.69, 9.17) is 4.42 Å². The average Bonchev–Trinajstić information content (AvgIpc) is 3.56. The number of halogens is 4. The third-order valence-electron chi connectivity index (χ3n) is 6.35. The predicted octanol–water partition coefficient (Wildman–Crippen LogP) is 5.12. The van der Waals surface area contributed by atoms with Crippen molar-refractivity contribution in [2.75, 3.05) is 6.54 Å². The molecule has 0 spiro atoms. The van der Waals surface area contributed by atoms with E-state index in [0.717, 1.165) is 22.5 Å². The number of sulfonamides is 1. The van der Waals surface area contributed by atoms with E-state index >= 15 is 0 Å². The van der Waals surface area contributed by atoms with Crippen LogP contribution in [0.3, 0.4) is 0 Å². The van der Waals surface area contributed by atoms with Gasteiger partial charge in [0.15, 0.2) is 0 Å². The molecule has 1 fully saturated rings. The first-order valence-electron chi connectivity index (χ1n) is 11.6. The second-order valence-corrected chi connectivity index (χ2v) is 10.7. The first kappa shape index (κ1) is 25.9. The number of aromatic nitrogens is 1. The highest BCUT2D eigenvalue weighted by Crippen LogP contribution is 2.32. The average molecular weight is 548 g/mol. The Morgan fingerprint density at radius 2 is 1.87 bits per heavy atom. The SMILES string of the molecule is O=C(NCc1ccnc(-c2ccc(C(F)(F)F)cc2)c1)[C@@H]1CCCN1S(=O)(=O)c1cc2c(F)cccc2o1. The van der Waals surface area contributed by atoms with Crippen molar-refractivity contribution in [3.05, 3.63) is 83.8 Å². The molecule has 0 radical (unpaired) electrons. The lowest BCUT2D eigenvalue weighted by Crippen LogP contribution is -2.45. The van der Waals surface area contributed by atoms with E-state index in [1.165, 1.54) is 36.5 Å². The Kier molecular flexibility index (Phi) is 6.70. The first-order valence-corrected chi connectivity index (χ1v) is 13.1. The number of benzene rings is 2. The Balaban J connectivity index is 1.29. The molecular formula is C26H21F4N3O4S. The van der Waals surface area contributed by atoms with Crippen molar-refractivity contribution in [1.82, 2.24) is 14.6 Å². The fraction of sp³-hybridized carbons (Fsp3) is 0.231. The number of furan rings is 1. The zero-order valence-electron chi connectivity index (χ0n) is 19.7. The summed E-state index contributed by atoms with van der Waals surface area (Å²) in [6, 6.07) is 12.1. The normalized spacial score (nSPS) is 16.7. The molecule has 1 aliphatic rings. The number of carbonyl (C=O) groups excluding carboxylic acids is 1. The minimum atomic E-state index is -4.44. The maximum absolute atomic E-state index is 14.1. The number of fused-ring (bicyclic) bond motifs is 1. The number of hydrogen-bond donors (Lipinski definition) is 1. The van der Waals surface area contributed by atoms with E-state index < -0.39 is 44.6 Å². The van der Waals surface area contributed by atoms with Crippen molar-refractivity contribution >= 4 is 26.9 Å². The van der Waals surface area contributed by atoms with E-state index in [0.29, 0.717) is 29.7 Å². The van der Waals surface area contributed by atoms with Crippen LogP contribution >= 0.6 is 0 Å². The van der Waals surface area contributed by atoms with Gasteiger partial charge in [-0.25, -0.2) is 12.8 Å². The molecule has 0 unspecified atom stereocenters. The second kappa shape index (κ2) is 9.84. The molecule has 3 heterocycles. The monoisotopic (exact) mass is 547 g/mol. The van der Waals surface area contributed by atoms with Crippen LogP contribution in [-0.2, 0) is 27.5 Å². The van der Waals surface area contributed by atoms with Gasteiger partial charge >= 0.3 is 6.18 Å². The molecule has 38 heavy (non-hydrogen) atoms. The summed E-state index contributed by atoms with van der Waals surface area (Å²) >= 11 is 0. The molecule has 1 atom stereocenters. The maximum atomic E-state index is 14.1. The summed E-state index contributed by atoms with van der Waals surface area (Å²) in [6.45, 7) is 0.155. The highest BCUT2D eigenvalue weighted by atomic mass is 32.2. The highest BCUT2D eigenvalue weighted by molar-refractivity contribution is 7.89. The lowest BCUT2D eigenvalue weighted by molar-refractivity contribution is -0.137. The number of nitrogens with zero attached hydrogens (tertiary/aromatic N) is 2. The van der Waals surface area contributed by atoms with E-state index in [2.05, 4.69) is 10.3 Å². The van der Waals surface area contributed by atoms with Gasteiger partial charge in [0.2, 0.25) is 11.0 Å². The van der Waals surface area contributed by atoms with Crippen LogP contribution in [0.25, 0.3) is 22.2 Å².